The maximum atomic E-state index is 13.2. The first-order valence-corrected chi connectivity index (χ1v) is 9.33. The van der Waals surface area contributed by atoms with Crippen LogP contribution < -0.4 is 0 Å². The number of aliphatic hydroxyl groups excluding tert-OH is 1. The average Bonchev–Trinajstić information content (AvgIpc) is 3.21. The monoisotopic (exact) mass is 438 g/mol. The van der Waals surface area contributed by atoms with Crippen molar-refractivity contribution < 1.29 is 29.7 Å². The molecular formula is C19H9Cl3O6. The van der Waals surface area contributed by atoms with Crippen molar-refractivity contribution in [1.82, 2.24) is 0 Å². The van der Waals surface area contributed by atoms with E-state index in [0.717, 1.165) is 6.07 Å². The Morgan fingerprint density at radius 2 is 1.61 bits per heavy atom. The van der Waals surface area contributed by atoms with Crippen LogP contribution in [0.4, 0.5) is 0 Å². The molecule has 0 bridgehead atoms. The predicted molar refractivity (Wildman–Crippen MR) is 98.8 cm³/mol. The second-order valence-electron chi connectivity index (χ2n) is 7.07. The summed E-state index contributed by atoms with van der Waals surface area (Å²) < 4.78 is -1.50. The number of hydrogen-bond acceptors (Lipinski definition) is 6. The number of carbonyl (C=O) groups is 3. The van der Waals surface area contributed by atoms with Crippen molar-refractivity contribution in [2.75, 3.05) is 0 Å². The van der Waals surface area contributed by atoms with Crippen LogP contribution in [-0.2, 0) is 0 Å². The lowest BCUT2D eigenvalue weighted by molar-refractivity contribution is 0.0863. The van der Waals surface area contributed by atoms with Crippen molar-refractivity contribution in [3.8, 4) is 11.5 Å². The Labute approximate surface area is 172 Å². The first kappa shape index (κ1) is 17.9. The molecule has 3 N–H and O–H groups in total. The third-order valence-corrected chi connectivity index (χ3v) is 6.97. The second-order valence-corrected chi connectivity index (χ2v) is 8.93. The molecule has 9 heteroatoms. The van der Waals surface area contributed by atoms with Gasteiger partial charge in [0.25, 0.3) is 0 Å². The van der Waals surface area contributed by atoms with E-state index >= 15 is 0 Å². The lowest BCUT2D eigenvalue weighted by atomic mass is 9.75. The molecule has 0 radical (unpaired) electrons. The van der Waals surface area contributed by atoms with E-state index in [1.54, 1.807) is 0 Å². The predicted octanol–water partition coefficient (Wildman–Crippen LogP) is 3.18. The summed E-state index contributed by atoms with van der Waals surface area (Å²) in [4.78, 5) is 39.1. The molecule has 6 nitrogen and oxygen atoms in total. The molecule has 1 saturated carbocycles. The number of benzene rings is 2. The van der Waals surface area contributed by atoms with Gasteiger partial charge < -0.3 is 15.3 Å². The van der Waals surface area contributed by atoms with Crippen LogP contribution in [0.1, 0.15) is 53.9 Å². The second kappa shape index (κ2) is 5.27. The Bertz CT molecular complexity index is 1170. The fourth-order valence-electron chi connectivity index (χ4n) is 4.32. The Balaban J connectivity index is 1.84. The number of fused-ring (bicyclic) bond motifs is 5. The minimum absolute atomic E-state index is 0.00606. The Kier molecular flexibility index (Phi) is 3.38. The summed E-state index contributed by atoms with van der Waals surface area (Å²) >= 11 is 18.1. The van der Waals surface area contributed by atoms with Gasteiger partial charge in [-0.05, 0) is 23.8 Å². The summed E-state index contributed by atoms with van der Waals surface area (Å²) in [6.07, 6.45) is -1.29. The minimum atomic E-state index is -1.50. The number of aliphatic hydroxyl groups is 1. The zero-order valence-electron chi connectivity index (χ0n) is 13.7. The van der Waals surface area contributed by atoms with Gasteiger partial charge in [0.1, 0.15) is 15.8 Å². The molecule has 0 aliphatic heterocycles. The fraction of sp³-hybridized carbons (Fsp3) is 0.211. The number of hydrogen-bond donors (Lipinski definition) is 3. The molecule has 2 aromatic rings. The number of phenols is 2. The van der Waals surface area contributed by atoms with Crippen LogP contribution in [-0.4, -0.2) is 37.0 Å². The Morgan fingerprint density at radius 1 is 0.929 bits per heavy atom. The van der Waals surface area contributed by atoms with Crippen molar-refractivity contribution in [2.24, 2.45) is 11.8 Å². The van der Waals surface area contributed by atoms with Gasteiger partial charge in [0, 0.05) is 22.6 Å². The summed E-state index contributed by atoms with van der Waals surface area (Å²) in [5, 5.41) is 31.1. The number of carbonyl (C=O) groups excluding carboxylic acids is 3. The van der Waals surface area contributed by atoms with Crippen LogP contribution in [0.15, 0.2) is 18.2 Å². The van der Waals surface area contributed by atoms with E-state index in [-0.39, 0.29) is 32.8 Å². The van der Waals surface area contributed by atoms with Crippen LogP contribution in [0.2, 0.25) is 5.02 Å². The topological polar surface area (TPSA) is 112 Å². The van der Waals surface area contributed by atoms with E-state index in [1.165, 1.54) is 12.1 Å². The van der Waals surface area contributed by atoms with Crippen LogP contribution >= 0.6 is 34.8 Å². The molecule has 3 unspecified atom stereocenters. The molecule has 3 atom stereocenters. The van der Waals surface area contributed by atoms with Crippen LogP contribution in [0, 0.1) is 11.8 Å². The lowest BCUT2D eigenvalue weighted by Crippen LogP contribution is -2.29. The molecule has 28 heavy (non-hydrogen) atoms. The van der Waals surface area contributed by atoms with Gasteiger partial charge in [-0.2, -0.15) is 0 Å². The number of phenolic OH excluding ortho intramolecular Hbond substituents is 2. The first-order chi connectivity index (χ1) is 13.1. The van der Waals surface area contributed by atoms with Crippen molar-refractivity contribution in [3.63, 3.8) is 0 Å². The maximum absolute atomic E-state index is 13.2. The van der Waals surface area contributed by atoms with Crippen molar-refractivity contribution in [1.29, 1.82) is 0 Å². The minimum Gasteiger partial charge on any atom is -0.507 e. The number of rotatable bonds is 0. The summed E-state index contributed by atoms with van der Waals surface area (Å²) in [6.45, 7) is 0. The molecule has 0 spiro atoms. The van der Waals surface area contributed by atoms with E-state index < -0.39 is 56.7 Å². The number of ketones is 3. The molecule has 3 aliphatic carbocycles. The SMILES string of the molecule is O=C1c2c(ccc(Cl)c2O)C(=O)c2c1c(O)cc1c2C(=O)C2C(C1O)C2(Cl)Cl. The zero-order valence-corrected chi connectivity index (χ0v) is 15.9. The molecule has 0 aromatic heterocycles. The highest BCUT2D eigenvalue weighted by Crippen LogP contribution is 2.68. The van der Waals surface area contributed by atoms with Crippen LogP contribution in [0.5, 0.6) is 11.5 Å². The van der Waals surface area contributed by atoms with Gasteiger partial charge >= 0.3 is 0 Å². The maximum Gasteiger partial charge on any atom is 0.202 e. The summed E-state index contributed by atoms with van der Waals surface area (Å²) in [7, 11) is 0. The van der Waals surface area contributed by atoms with Gasteiger partial charge in [0.15, 0.2) is 11.6 Å². The van der Waals surface area contributed by atoms with Crippen molar-refractivity contribution in [2.45, 2.75) is 10.4 Å². The Morgan fingerprint density at radius 3 is 2.29 bits per heavy atom. The number of halogens is 3. The van der Waals surface area contributed by atoms with Gasteiger partial charge in [0.05, 0.1) is 28.2 Å². The highest BCUT2D eigenvalue weighted by Gasteiger charge is 2.72. The average molecular weight is 440 g/mol. The van der Waals surface area contributed by atoms with Gasteiger partial charge in [-0.3, -0.25) is 14.4 Å². The number of aromatic hydroxyl groups is 2. The fourth-order valence-corrected chi connectivity index (χ4v) is 5.31. The van der Waals surface area contributed by atoms with Crippen LogP contribution in [0.25, 0.3) is 0 Å². The summed E-state index contributed by atoms with van der Waals surface area (Å²) in [6, 6.07) is 3.57. The molecule has 142 valence electrons. The van der Waals surface area contributed by atoms with Crippen molar-refractivity contribution in [3.05, 3.63) is 56.6 Å². The highest BCUT2D eigenvalue weighted by molar-refractivity contribution is 6.53. The van der Waals surface area contributed by atoms with E-state index in [4.69, 9.17) is 34.8 Å². The smallest absolute Gasteiger partial charge is 0.202 e. The van der Waals surface area contributed by atoms with Gasteiger partial charge in [-0.15, -0.1) is 23.2 Å². The van der Waals surface area contributed by atoms with E-state index in [1.807, 2.05) is 0 Å². The van der Waals surface area contributed by atoms with Gasteiger partial charge in [0.2, 0.25) is 5.78 Å². The molecule has 0 saturated heterocycles. The molecule has 3 aliphatic rings. The largest absolute Gasteiger partial charge is 0.507 e. The van der Waals surface area contributed by atoms with Gasteiger partial charge in [-0.25, -0.2) is 0 Å². The lowest BCUT2D eigenvalue weighted by Gasteiger charge is -2.27. The quantitative estimate of drug-likeness (QED) is 0.464. The molecule has 2 aromatic carbocycles. The summed E-state index contributed by atoms with van der Waals surface area (Å²) in [5.41, 5.74) is -1.44. The van der Waals surface area contributed by atoms with E-state index in [2.05, 4.69) is 0 Å². The molecule has 1 fully saturated rings. The van der Waals surface area contributed by atoms with Gasteiger partial charge in [-0.1, -0.05) is 11.6 Å². The highest BCUT2D eigenvalue weighted by atomic mass is 35.5. The van der Waals surface area contributed by atoms with E-state index in [9.17, 15) is 29.7 Å². The van der Waals surface area contributed by atoms with Crippen LogP contribution in [0.3, 0.4) is 0 Å². The first-order valence-electron chi connectivity index (χ1n) is 8.19. The summed E-state index contributed by atoms with van der Waals surface area (Å²) in [5.74, 6) is -5.06. The Hall–Kier alpha value is -2.12. The third kappa shape index (κ3) is 1.91. The molecule has 5 rings (SSSR count). The van der Waals surface area contributed by atoms with E-state index in [0.29, 0.717) is 0 Å². The number of Topliss-reactive ketones (excluding diaryl/α,β-unsaturated/α-hetero) is 1. The molecule has 0 amide bonds. The number of alkyl halides is 2. The molecule has 0 heterocycles. The normalized spacial score (nSPS) is 26.3. The third-order valence-electron chi connectivity index (χ3n) is 5.69. The van der Waals surface area contributed by atoms with Crippen molar-refractivity contribution >= 4 is 52.2 Å². The molecular weight excluding hydrogens is 431 g/mol. The zero-order chi connectivity index (χ0) is 20.3. The standard InChI is InChI=1S/C19H9Cl3O6/c20-6-2-1-4-9(16(6)26)17(27)10-7(23)3-5-8(11(10)14(4)24)18(28)13-12(15(5)25)19(13,21)22/h1-3,12-13,15,23,25-26H.